The number of carbonyl (C=O) groups excluding carboxylic acids is 1. The van der Waals surface area contributed by atoms with Crippen LogP contribution in [0, 0.1) is 10.1 Å². The second kappa shape index (κ2) is 8.42. The molecule has 0 atom stereocenters. The molecule has 136 valence electrons. The fourth-order valence-corrected chi connectivity index (χ4v) is 2.17. The highest BCUT2D eigenvalue weighted by atomic mass is 16.6. The number of nitro benzene ring substituents is 1. The Kier molecular flexibility index (Phi) is 6.04. The van der Waals surface area contributed by atoms with E-state index in [2.05, 4.69) is 15.5 Å². The molecule has 0 spiro atoms. The van der Waals surface area contributed by atoms with Crippen LogP contribution >= 0.6 is 0 Å². The predicted octanol–water partition coefficient (Wildman–Crippen LogP) is 1.78. The van der Waals surface area contributed by atoms with Crippen LogP contribution in [0.1, 0.15) is 15.9 Å². The van der Waals surface area contributed by atoms with Crippen molar-refractivity contribution in [2.75, 3.05) is 21.3 Å². The zero-order chi connectivity index (χ0) is 19.1. The Morgan fingerprint density at radius 3 is 2.38 bits per heavy atom. The summed E-state index contributed by atoms with van der Waals surface area (Å²) in [7, 11) is 3.88. The van der Waals surface area contributed by atoms with Gasteiger partial charge >= 0.3 is 5.69 Å². The quantitative estimate of drug-likeness (QED) is 0.453. The first-order valence-electron chi connectivity index (χ1n) is 7.24. The number of methoxy groups -OCH3 is 3. The summed E-state index contributed by atoms with van der Waals surface area (Å²) < 4.78 is 15.3. The maximum Gasteiger partial charge on any atom is 0.327 e. The number of hydrogen-bond acceptors (Lipinski definition) is 8. The third-order valence-corrected chi connectivity index (χ3v) is 3.32. The van der Waals surface area contributed by atoms with E-state index in [0.29, 0.717) is 5.56 Å². The number of aromatic nitrogens is 1. The number of nitrogens with zero attached hydrogens (tertiary/aromatic N) is 3. The van der Waals surface area contributed by atoms with E-state index >= 15 is 0 Å². The minimum atomic E-state index is -0.804. The molecule has 0 bridgehead atoms. The summed E-state index contributed by atoms with van der Waals surface area (Å²) >= 11 is 0. The lowest BCUT2D eigenvalue weighted by Gasteiger charge is -2.14. The molecule has 10 heteroatoms. The van der Waals surface area contributed by atoms with E-state index in [1.54, 1.807) is 24.5 Å². The lowest BCUT2D eigenvalue weighted by molar-refractivity contribution is -0.386. The van der Waals surface area contributed by atoms with Crippen molar-refractivity contribution in [2.45, 2.75) is 0 Å². The van der Waals surface area contributed by atoms with Gasteiger partial charge in [-0.3, -0.25) is 19.9 Å². The monoisotopic (exact) mass is 360 g/mol. The van der Waals surface area contributed by atoms with Crippen LogP contribution in [-0.4, -0.2) is 43.4 Å². The van der Waals surface area contributed by atoms with Crippen LogP contribution in [0.5, 0.6) is 17.2 Å². The molecular formula is C16H16N4O6. The summed E-state index contributed by atoms with van der Waals surface area (Å²) in [6.07, 6.45) is 4.50. The summed E-state index contributed by atoms with van der Waals surface area (Å²) in [5.74, 6) is -0.905. The summed E-state index contributed by atoms with van der Waals surface area (Å²) in [5.41, 5.74) is 2.10. The summed E-state index contributed by atoms with van der Waals surface area (Å²) in [5, 5.41) is 15.3. The SMILES string of the molecule is COc1cc(C(=O)NN=Cc2ccncc2)c([N+](=O)[O-])c(OC)c1OC. The molecule has 1 N–H and O–H groups in total. The Bertz CT molecular complexity index is 838. The van der Waals surface area contributed by atoms with Gasteiger partial charge in [-0.2, -0.15) is 5.10 Å². The van der Waals surface area contributed by atoms with E-state index in [-0.39, 0.29) is 22.8 Å². The molecule has 1 aromatic heterocycles. The Labute approximate surface area is 148 Å². The molecule has 0 radical (unpaired) electrons. The summed E-state index contributed by atoms with van der Waals surface area (Å²) in [6.45, 7) is 0. The Morgan fingerprint density at radius 1 is 1.19 bits per heavy atom. The van der Waals surface area contributed by atoms with E-state index in [1.807, 2.05) is 0 Å². The van der Waals surface area contributed by atoms with Crippen LogP contribution in [-0.2, 0) is 0 Å². The van der Waals surface area contributed by atoms with Gasteiger partial charge in [0.15, 0.2) is 5.75 Å². The zero-order valence-electron chi connectivity index (χ0n) is 14.3. The van der Waals surface area contributed by atoms with Crippen LogP contribution in [0.2, 0.25) is 0 Å². The minimum absolute atomic E-state index is 0.0125. The fourth-order valence-electron chi connectivity index (χ4n) is 2.17. The highest BCUT2D eigenvalue weighted by molar-refractivity contribution is 6.01. The molecular weight excluding hydrogens is 344 g/mol. The molecule has 0 aliphatic rings. The van der Waals surface area contributed by atoms with Gasteiger partial charge in [0.25, 0.3) is 5.91 Å². The Hall–Kier alpha value is -3.69. The van der Waals surface area contributed by atoms with E-state index in [0.717, 1.165) is 0 Å². The molecule has 2 rings (SSSR count). The number of benzene rings is 1. The molecule has 1 aromatic carbocycles. The van der Waals surface area contributed by atoms with Gasteiger partial charge < -0.3 is 14.2 Å². The van der Waals surface area contributed by atoms with Gasteiger partial charge in [-0.15, -0.1) is 0 Å². The lowest BCUT2D eigenvalue weighted by Crippen LogP contribution is -2.20. The van der Waals surface area contributed by atoms with Crippen LogP contribution in [0.25, 0.3) is 0 Å². The van der Waals surface area contributed by atoms with Crippen LogP contribution in [0.15, 0.2) is 35.7 Å². The van der Waals surface area contributed by atoms with E-state index < -0.39 is 16.5 Å². The van der Waals surface area contributed by atoms with Crippen molar-refractivity contribution < 1.29 is 23.9 Å². The first-order valence-corrected chi connectivity index (χ1v) is 7.24. The average molecular weight is 360 g/mol. The molecule has 1 heterocycles. The first kappa shape index (κ1) is 18.6. The molecule has 0 aliphatic heterocycles. The molecule has 0 fully saturated rings. The van der Waals surface area contributed by atoms with Crippen molar-refractivity contribution >= 4 is 17.8 Å². The lowest BCUT2D eigenvalue weighted by atomic mass is 10.1. The molecule has 26 heavy (non-hydrogen) atoms. The molecule has 1 amide bonds. The molecule has 10 nitrogen and oxygen atoms in total. The second-order valence-corrected chi connectivity index (χ2v) is 4.78. The average Bonchev–Trinajstić information content (AvgIpc) is 2.66. The van der Waals surface area contributed by atoms with Crippen molar-refractivity contribution in [1.82, 2.24) is 10.4 Å². The van der Waals surface area contributed by atoms with Gasteiger partial charge in [-0.05, 0) is 17.7 Å². The number of amides is 1. The topological polar surface area (TPSA) is 125 Å². The number of hydrogen-bond donors (Lipinski definition) is 1. The number of pyridine rings is 1. The second-order valence-electron chi connectivity index (χ2n) is 4.78. The highest BCUT2D eigenvalue weighted by Crippen LogP contribution is 2.46. The van der Waals surface area contributed by atoms with E-state index in [4.69, 9.17) is 14.2 Å². The predicted molar refractivity (Wildman–Crippen MR) is 92.0 cm³/mol. The van der Waals surface area contributed by atoms with Crippen molar-refractivity contribution in [1.29, 1.82) is 0 Å². The van der Waals surface area contributed by atoms with Crippen molar-refractivity contribution in [3.63, 3.8) is 0 Å². The van der Waals surface area contributed by atoms with Crippen LogP contribution < -0.4 is 19.6 Å². The maximum atomic E-state index is 12.4. The number of carbonyl (C=O) groups is 1. The maximum absolute atomic E-state index is 12.4. The summed E-state index contributed by atoms with van der Waals surface area (Å²) in [4.78, 5) is 27.0. The molecule has 0 saturated carbocycles. The van der Waals surface area contributed by atoms with E-state index in [9.17, 15) is 14.9 Å². The van der Waals surface area contributed by atoms with Crippen LogP contribution in [0.4, 0.5) is 5.69 Å². The third kappa shape index (κ3) is 3.86. The largest absolute Gasteiger partial charge is 0.493 e. The van der Waals surface area contributed by atoms with Gasteiger partial charge in [0.1, 0.15) is 5.56 Å². The number of ether oxygens (including phenoxy) is 3. The minimum Gasteiger partial charge on any atom is -0.493 e. The molecule has 0 saturated heterocycles. The summed E-state index contributed by atoms with van der Waals surface area (Å²) in [6, 6.07) is 4.55. The number of hydrazone groups is 1. The normalized spacial score (nSPS) is 10.4. The molecule has 0 unspecified atom stereocenters. The van der Waals surface area contributed by atoms with Gasteiger partial charge in [0.05, 0.1) is 32.5 Å². The van der Waals surface area contributed by atoms with Gasteiger partial charge in [-0.1, -0.05) is 0 Å². The number of rotatable bonds is 7. The Morgan fingerprint density at radius 2 is 1.85 bits per heavy atom. The molecule has 0 aliphatic carbocycles. The number of nitrogens with one attached hydrogen (secondary N) is 1. The third-order valence-electron chi connectivity index (χ3n) is 3.32. The van der Waals surface area contributed by atoms with Crippen molar-refractivity contribution in [3.8, 4) is 17.2 Å². The Balaban J connectivity index is 2.42. The van der Waals surface area contributed by atoms with Gasteiger partial charge in [-0.25, -0.2) is 5.43 Å². The zero-order valence-corrected chi connectivity index (χ0v) is 14.3. The van der Waals surface area contributed by atoms with E-state index in [1.165, 1.54) is 33.6 Å². The van der Waals surface area contributed by atoms with Gasteiger partial charge in [0, 0.05) is 18.5 Å². The van der Waals surface area contributed by atoms with Crippen LogP contribution in [0.3, 0.4) is 0 Å². The van der Waals surface area contributed by atoms with Gasteiger partial charge in [0.2, 0.25) is 11.5 Å². The van der Waals surface area contributed by atoms with Crippen molar-refractivity contribution in [3.05, 3.63) is 51.8 Å². The molecule has 2 aromatic rings. The van der Waals surface area contributed by atoms with Crippen molar-refractivity contribution in [2.24, 2.45) is 5.10 Å². The first-order chi connectivity index (χ1) is 12.5. The fraction of sp³-hybridized carbons (Fsp3) is 0.188. The standard InChI is InChI=1S/C16H16N4O6/c1-24-12-8-11(13(20(22)23)15(26-3)14(12)25-2)16(21)19-18-9-10-4-6-17-7-5-10/h4-9H,1-3H3,(H,19,21). The highest BCUT2D eigenvalue weighted by Gasteiger charge is 2.32. The smallest absolute Gasteiger partial charge is 0.327 e. The number of nitro groups is 1.